The zero-order valence-electron chi connectivity index (χ0n) is 9.64. The molecule has 4 N–H and O–H groups in total. The quantitative estimate of drug-likeness (QED) is 0.353. The molecule has 0 aliphatic heterocycles. The maximum Gasteiger partial charge on any atom is 0.191 e. The molecule has 0 aliphatic rings. The van der Waals surface area contributed by atoms with E-state index in [2.05, 4.69) is 10.2 Å². The number of aromatic nitrogens is 3. The molecule has 0 spiro atoms. The lowest BCUT2D eigenvalue weighted by atomic mass is 10.4. The Hall–Kier alpha value is -1.14. The highest BCUT2D eigenvalue weighted by Gasteiger charge is 2.10. The fraction of sp³-hybridized carbons (Fsp3) is 0.400. The Kier molecular flexibility index (Phi) is 5.93. The van der Waals surface area contributed by atoms with Crippen LogP contribution in [0.1, 0.15) is 12.2 Å². The molecule has 0 unspecified atom stereocenters. The van der Waals surface area contributed by atoms with E-state index in [1.54, 1.807) is 23.9 Å². The van der Waals surface area contributed by atoms with Crippen LogP contribution in [0.5, 0.6) is 0 Å². The minimum absolute atomic E-state index is 0.533. The molecular formula is C10H16ClN5S. The van der Waals surface area contributed by atoms with Crippen molar-refractivity contribution in [2.24, 2.45) is 18.5 Å². The molecule has 0 atom stereocenters. The van der Waals surface area contributed by atoms with Crippen molar-refractivity contribution in [1.29, 1.82) is 0 Å². The summed E-state index contributed by atoms with van der Waals surface area (Å²) in [7, 11) is 1.88. The Morgan fingerprint density at radius 3 is 2.94 bits per heavy atom. The predicted octanol–water partition coefficient (Wildman–Crippen LogP) is 1.31. The normalized spacial score (nSPS) is 12.5. The first-order valence-corrected chi connectivity index (χ1v) is 6.65. The third-order valence-electron chi connectivity index (χ3n) is 1.99. The summed E-state index contributed by atoms with van der Waals surface area (Å²) in [5.41, 5.74) is 11.6. The Morgan fingerprint density at radius 2 is 2.29 bits per heavy atom. The van der Waals surface area contributed by atoms with Gasteiger partial charge in [-0.05, 0) is 24.8 Å². The summed E-state index contributed by atoms with van der Waals surface area (Å²) in [6.45, 7) is 0. The molecule has 1 heterocycles. The second-order valence-corrected chi connectivity index (χ2v) is 4.70. The first-order chi connectivity index (χ1) is 8.20. The summed E-state index contributed by atoms with van der Waals surface area (Å²) in [4.78, 5) is 0. The largest absolute Gasteiger partial charge is 0.405 e. The average molecular weight is 274 g/mol. The maximum atomic E-state index is 5.85. The molecule has 0 bridgehead atoms. The van der Waals surface area contributed by atoms with Crippen LogP contribution in [-0.4, -0.2) is 26.4 Å². The standard InChI is InChI=1S/C10H16ClN5S/c1-16-9(8(13)4-2-6-12)14-15-10(16)17-7-3-5-11/h2,4,6H,3,5,7,12-13H2,1H3/b6-2-,8-4-. The van der Waals surface area contributed by atoms with Gasteiger partial charge in [0.1, 0.15) is 0 Å². The van der Waals surface area contributed by atoms with E-state index in [1.807, 2.05) is 11.6 Å². The van der Waals surface area contributed by atoms with Crippen LogP contribution in [0.25, 0.3) is 5.70 Å². The van der Waals surface area contributed by atoms with E-state index in [0.717, 1.165) is 17.3 Å². The molecule has 0 aromatic carbocycles. The van der Waals surface area contributed by atoms with Gasteiger partial charge in [-0.2, -0.15) is 0 Å². The third-order valence-corrected chi connectivity index (χ3v) is 3.36. The SMILES string of the molecule is Cn1c(SCCCCl)nnc1/C(N)=C/C=C\N. The van der Waals surface area contributed by atoms with Crippen LogP contribution in [0.15, 0.2) is 23.5 Å². The Labute approximate surface area is 110 Å². The van der Waals surface area contributed by atoms with Gasteiger partial charge in [0.15, 0.2) is 11.0 Å². The average Bonchev–Trinajstić information content (AvgIpc) is 2.68. The van der Waals surface area contributed by atoms with Crippen molar-refractivity contribution < 1.29 is 0 Å². The highest BCUT2D eigenvalue weighted by atomic mass is 35.5. The number of rotatable bonds is 6. The zero-order valence-corrected chi connectivity index (χ0v) is 11.2. The van der Waals surface area contributed by atoms with Gasteiger partial charge in [-0.3, -0.25) is 0 Å². The lowest BCUT2D eigenvalue weighted by Crippen LogP contribution is -2.05. The monoisotopic (exact) mass is 273 g/mol. The van der Waals surface area contributed by atoms with Crippen molar-refractivity contribution in [3.8, 4) is 0 Å². The number of halogens is 1. The van der Waals surface area contributed by atoms with Crippen molar-refractivity contribution in [2.75, 3.05) is 11.6 Å². The first kappa shape index (κ1) is 13.9. The molecule has 94 valence electrons. The van der Waals surface area contributed by atoms with Crippen LogP contribution in [0.2, 0.25) is 0 Å². The molecule has 0 saturated carbocycles. The molecule has 17 heavy (non-hydrogen) atoms. The van der Waals surface area contributed by atoms with Crippen LogP contribution >= 0.6 is 23.4 Å². The van der Waals surface area contributed by atoms with Crippen LogP contribution in [0.3, 0.4) is 0 Å². The summed E-state index contributed by atoms with van der Waals surface area (Å²) in [6.07, 6.45) is 5.70. The van der Waals surface area contributed by atoms with E-state index in [1.165, 1.54) is 6.20 Å². The number of nitrogens with two attached hydrogens (primary N) is 2. The number of allylic oxidation sites excluding steroid dienone is 2. The highest BCUT2D eigenvalue weighted by molar-refractivity contribution is 7.99. The van der Waals surface area contributed by atoms with Crippen molar-refractivity contribution in [1.82, 2.24) is 14.8 Å². The van der Waals surface area contributed by atoms with Crippen LogP contribution in [-0.2, 0) is 7.05 Å². The Balaban J connectivity index is 2.76. The molecule has 0 radical (unpaired) electrons. The van der Waals surface area contributed by atoms with Gasteiger partial charge in [-0.15, -0.1) is 21.8 Å². The summed E-state index contributed by atoms with van der Waals surface area (Å²) < 4.78 is 1.86. The van der Waals surface area contributed by atoms with Crippen molar-refractivity contribution in [3.63, 3.8) is 0 Å². The van der Waals surface area contributed by atoms with Gasteiger partial charge in [-0.25, -0.2) is 0 Å². The van der Waals surface area contributed by atoms with E-state index >= 15 is 0 Å². The van der Waals surface area contributed by atoms with Gasteiger partial charge in [0.2, 0.25) is 0 Å². The lowest BCUT2D eigenvalue weighted by Gasteiger charge is -2.02. The van der Waals surface area contributed by atoms with E-state index in [0.29, 0.717) is 17.4 Å². The molecule has 0 amide bonds. The van der Waals surface area contributed by atoms with Crippen LogP contribution in [0.4, 0.5) is 0 Å². The van der Waals surface area contributed by atoms with E-state index in [-0.39, 0.29) is 0 Å². The van der Waals surface area contributed by atoms with Gasteiger partial charge < -0.3 is 16.0 Å². The molecule has 1 rings (SSSR count). The predicted molar refractivity (Wildman–Crippen MR) is 72.6 cm³/mol. The Morgan fingerprint density at radius 1 is 1.53 bits per heavy atom. The van der Waals surface area contributed by atoms with Gasteiger partial charge in [0, 0.05) is 18.7 Å². The first-order valence-electron chi connectivity index (χ1n) is 5.13. The zero-order chi connectivity index (χ0) is 12.7. The highest BCUT2D eigenvalue weighted by Crippen LogP contribution is 2.18. The van der Waals surface area contributed by atoms with Crippen LogP contribution < -0.4 is 11.5 Å². The van der Waals surface area contributed by atoms with E-state index in [4.69, 9.17) is 23.1 Å². The number of nitrogens with zero attached hydrogens (tertiary/aromatic N) is 3. The van der Waals surface area contributed by atoms with Gasteiger partial charge in [0.05, 0.1) is 5.70 Å². The maximum absolute atomic E-state index is 5.85. The summed E-state index contributed by atoms with van der Waals surface area (Å²) in [5.74, 6) is 2.21. The molecule has 1 aromatic heterocycles. The van der Waals surface area contributed by atoms with Crippen LogP contribution in [0, 0.1) is 0 Å². The molecule has 1 aromatic rings. The molecule has 0 saturated heterocycles. The molecular weight excluding hydrogens is 258 g/mol. The van der Waals surface area contributed by atoms with E-state index < -0.39 is 0 Å². The van der Waals surface area contributed by atoms with E-state index in [9.17, 15) is 0 Å². The molecule has 5 nitrogen and oxygen atoms in total. The summed E-state index contributed by atoms with van der Waals surface area (Å²) in [5, 5.41) is 8.94. The molecule has 0 fully saturated rings. The van der Waals surface area contributed by atoms with Crippen molar-refractivity contribution in [3.05, 3.63) is 24.2 Å². The summed E-state index contributed by atoms with van der Waals surface area (Å²) >= 11 is 7.23. The lowest BCUT2D eigenvalue weighted by molar-refractivity contribution is 0.778. The van der Waals surface area contributed by atoms with Gasteiger partial charge in [0.25, 0.3) is 0 Å². The number of alkyl halides is 1. The fourth-order valence-electron chi connectivity index (χ4n) is 1.14. The minimum atomic E-state index is 0.533. The topological polar surface area (TPSA) is 82.8 Å². The smallest absolute Gasteiger partial charge is 0.191 e. The second kappa shape index (κ2) is 7.24. The summed E-state index contributed by atoms with van der Waals surface area (Å²) in [6, 6.07) is 0. The molecule has 0 aliphatic carbocycles. The molecule has 7 heteroatoms. The van der Waals surface area contributed by atoms with Crippen molar-refractivity contribution >= 4 is 29.1 Å². The number of hydrogen-bond acceptors (Lipinski definition) is 5. The fourth-order valence-corrected chi connectivity index (χ4v) is 2.29. The number of thioether (sulfide) groups is 1. The Bertz CT molecular complexity index is 413. The van der Waals surface area contributed by atoms with Crippen molar-refractivity contribution in [2.45, 2.75) is 11.6 Å². The second-order valence-electron chi connectivity index (χ2n) is 3.26. The number of hydrogen-bond donors (Lipinski definition) is 2. The van der Waals surface area contributed by atoms with Gasteiger partial charge in [-0.1, -0.05) is 11.8 Å². The minimum Gasteiger partial charge on any atom is -0.405 e. The van der Waals surface area contributed by atoms with Gasteiger partial charge >= 0.3 is 0 Å². The third kappa shape index (κ3) is 3.98.